The van der Waals surface area contributed by atoms with Gasteiger partial charge in [0, 0.05) is 26.2 Å². The highest BCUT2D eigenvalue weighted by molar-refractivity contribution is 5.85. The number of aryl methyl sites for hydroxylation is 1. The number of alkyl halides is 3. The standard InChI is InChI=1S/C16H26N4O2.C2HF3O2/c1-18-14(10-15(17-18)16(21)22)12-19-7-3-2-6-13(11-19)20-8-4-5-9-20;3-2(4,5)1(6)7/h10,13H,2-9,11-12H2,1H3,(H,21,22);(H,6,7). The number of halogens is 3. The lowest BCUT2D eigenvalue weighted by atomic mass is 10.1. The molecule has 0 spiro atoms. The number of carbonyl (C=O) groups is 2. The molecule has 3 heterocycles. The molecule has 29 heavy (non-hydrogen) atoms. The van der Waals surface area contributed by atoms with Crippen LogP contribution in [0.5, 0.6) is 0 Å². The maximum atomic E-state index is 11.0. The molecule has 2 saturated heterocycles. The average molecular weight is 420 g/mol. The third kappa shape index (κ3) is 7.00. The molecule has 3 rings (SSSR count). The topological polar surface area (TPSA) is 98.9 Å². The van der Waals surface area contributed by atoms with Gasteiger partial charge in [0.15, 0.2) is 5.69 Å². The number of rotatable bonds is 4. The predicted molar refractivity (Wildman–Crippen MR) is 97.6 cm³/mol. The molecule has 164 valence electrons. The summed E-state index contributed by atoms with van der Waals surface area (Å²) in [4.78, 5) is 25.1. The first kappa shape index (κ1) is 23.1. The summed E-state index contributed by atoms with van der Waals surface area (Å²) in [5.74, 6) is -3.71. The SMILES string of the molecule is Cn1nc(C(=O)O)cc1CN1CCCCC(N2CCCC2)C1.O=C(O)C(F)(F)F. The highest BCUT2D eigenvalue weighted by Gasteiger charge is 2.38. The number of nitrogens with zero attached hydrogens (tertiary/aromatic N) is 4. The fraction of sp³-hybridized carbons (Fsp3) is 0.722. The zero-order valence-electron chi connectivity index (χ0n) is 16.4. The molecule has 1 unspecified atom stereocenters. The van der Waals surface area contributed by atoms with Crippen molar-refractivity contribution in [3.8, 4) is 0 Å². The lowest BCUT2D eigenvalue weighted by Gasteiger charge is -2.30. The van der Waals surface area contributed by atoms with Crippen LogP contribution in [0.25, 0.3) is 0 Å². The van der Waals surface area contributed by atoms with Gasteiger partial charge in [0.2, 0.25) is 0 Å². The Morgan fingerprint density at radius 2 is 1.72 bits per heavy atom. The molecular formula is C18H27F3N4O4. The average Bonchev–Trinajstić information content (AvgIpc) is 3.22. The molecule has 2 N–H and O–H groups in total. The summed E-state index contributed by atoms with van der Waals surface area (Å²) in [7, 11) is 1.83. The Bertz CT molecular complexity index is 702. The van der Waals surface area contributed by atoms with Gasteiger partial charge in [-0.05, 0) is 51.4 Å². The van der Waals surface area contributed by atoms with Crippen molar-refractivity contribution in [1.82, 2.24) is 19.6 Å². The van der Waals surface area contributed by atoms with Gasteiger partial charge in [-0.1, -0.05) is 6.42 Å². The molecule has 1 aromatic heterocycles. The molecule has 1 aromatic rings. The van der Waals surface area contributed by atoms with E-state index >= 15 is 0 Å². The molecule has 2 aliphatic heterocycles. The molecule has 1 atom stereocenters. The van der Waals surface area contributed by atoms with Crippen LogP contribution in [-0.2, 0) is 18.4 Å². The maximum absolute atomic E-state index is 11.0. The second-order valence-corrected chi connectivity index (χ2v) is 7.38. The summed E-state index contributed by atoms with van der Waals surface area (Å²) in [6, 6.07) is 2.37. The summed E-state index contributed by atoms with van der Waals surface area (Å²) >= 11 is 0. The summed E-state index contributed by atoms with van der Waals surface area (Å²) in [6.07, 6.45) is 1.40. The van der Waals surface area contributed by atoms with Gasteiger partial charge in [0.1, 0.15) is 0 Å². The molecule has 0 saturated carbocycles. The number of carboxylic acid groups (broad SMARTS) is 2. The van der Waals surface area contributed by atoms with E-state index in [1.54, 1.807) is 10.7 Å². The van der Waals surface area contributed by atoms with E-state index in [4.69, 9.17) is 15.0 Å². The first-order valence-corrected chi connectivity index (χ1v) is 9.60. The predicted octanol–water partition coefficient (Wildman–Crippen LogP) is 2.20. The van der Waals surface area contributed by atoms with Gasteiger partial charge in [0.05, 0.1) is 5.69 Å². The zero-order chi connectivity index (χ0) is 21.6. The van der Waals surface area contributed by atoms with Crippen LogP contribution >= 0.6 is 0 Å². The van der Waals surface area contributed by atoms with Crippen molar-refractivity contribution in [2.45, 2.75) is 50.9 Å². The van der Waals surface area contributed by atoms with E-state index in [-0.39, 0.29) is 5.69 Å². The zero-order valence-corrected chi connectivity index (χ0v) is 16.4. The van der Waals surface area contributed by atoms with Crippen LogP contribution in [0.1, 0.15) is 48.3 Å². The van der Waals surface area contributed by atoms with E-state index in [1.165, 1.54) is 45.2 Å². The molecule has 0 aliphatic carbocycles. The van der Waals surface area contributed by atoms with E-state index in [0.29, 0.717) is 6.04 Å². The minimum Gasteiger partial charge on any atom is -0.476 e. The van der Waals surface area contributed by atoms with Crippen LogP contribution in [0.4, 0.5) is 13.2 Å². The Morgan fingerprint density at radius 3 is 2.24 bits per heavy atom. The minimum absolute atomic E-state index is 0.142. The van der Waals surface area contributed by atoms with E-state index in [9.17, 15) is 18.0 Å². The smallest absolute Gasteiger partial charge is 0.476 e. The van der Waals surface area contributed by atoms with Gasteiger partial charge in [-0.2, -0.15) is 18.3 Å². The van der Waals surface area contributed by atoms with Crippen LogP contribution in [0, 0.1) is 0 Å². The van der Waals surface area contributed by atoms with Gasteiger partial charge in [-0.15, -0.1) is 0 Å². The number of aromatic nitrogens is 2. The minimum atomic E-state index is -5.08. The van der Waals surface area contributed by atoms with Gasteiger partial charge in [-0.3, -0.25) is 14.5 Å². The summed E-state index contributed by atoms with van der Waals surface area (Å²) < 4.78 is 33.4. The molecule has 0 bridgehead atoms. The Kier molecular flexibility index (Phi) is 8.03. The number of hydrogen-bond acceptors (Lipinski definition) is 5. The highest BCUT2D eigenvalue weighted by Crippen LogP contribution is 2.21. The number of hydrogen-bond donors (Lipinski definition) is 2. The summed E-state index contributed by atoms with van der Waals surface area (Å²) in [5, 5.41) is 20.3. The van der Waals surface area contributed by atoms with E-state index in [1.807, 2.05) is 7.05 Å². The fourth-order valence-electron chi connectivity index (χ4n) is 3.73. The first-order chi connectivity index (χ1) is 13.6. The van der Waals surface area contributed by atoms with Crippen LogP contribution in [0.2, 0.25) is 0 Å². The van der Waals surface area contributed by atoms with Gasteiger partial charge in [-0.25, -0.2) is 9.59 Å². The number of carboxylic acids is 2. The van der Waals surface area contributed by atoms with Crippen molar-refractivity contribution in [1.29, 1.82) is 0 Å². The maximum Gasteiger partial charge on any atom is 0.490 e. The van der Waals surface area contributed by atoms with Crippen LogP contribution in [0.15, 0.2) is 6.07 Å². The molecule has 2 fully saturated rings. The third-order valence-corrected chi connectivity index (χ3v) is 5.21. The molecule has 0 aromatic carbocycles. The molecule has 8 nitrogen and oxygen atoms in total. The van der Waals surface area contributed by atoms with E-state index in [2.05, 4.69) is 14.9 Å². The molecule has 2 aliphatic rings. The van der Waals surface area contributed by atoms with Crippen molar-refractivity contribution in [3.63, 3.8) is 0 Å². The van der Waals surface area contributed by atoms with Crippen molar-refractivity contribution >= 4 is 11.9 Å². The van der Waals surface area contributed by atoms with Crippen molar-refractivity contribution in [3.05, 3.63) is 17.5 Å². The van der Waals surface area contributed by atoms with Crippen LogP contribution in [-0.4, -0.2) is 80.1 Å². The lowest BCUT2D eigenvalue weighted by molar-refractivity contribution is -0.192. The summed E-state index contributed by atoms with van der Waals surface area (Å²) in [6.45, 7) is 5.47. The van der Waals surface area contributed by atoms with Crippen molar-refractivity contribution in [2.75, 3.05) is 26.2 Å². The normalized spacial score (nSPS) is 21.3. The number of likely N-dealkylation sites (tertiary alicyclic amines) is 2. The van der Waals surface area contributed by atoms with Crippen molar-refractivity contribution in [2.24, 2.45) is 7.05 Å². The number of aromatic carboxylic acids is 1. The first-order valence-electron chi connectivity index (χ1n) is 9.60. The van der Waals surface area contributed by atoms with E-state index < -0.39 is 18.1 Å². The molecule has 0 radical (unpaired) electrons. The van der Waals surface area contributed by atoms with Crippen LogP contribution < -0.4 is 0 Å². The lowest BCUT2D eigenvalue weighted by Crippen LogP contribution is -2.41. The second-order valence-electron chi connectivity index (χ2n) is 7.38. The second kappa shape index (κ2) is 10.1. The quantitative estimate of drug-likeness (QED) is 0.771. The molecule has 0 amide bonds. The largest absolute Gasteiger partial charge is 0.490 e. The monoisotopic (exact) mass is 420 g/mol. The Labute approximate surface area is 166 Å². The van der Waals surface area contributed by atoms with Crippen LogP contribution in [0.3, 0.4) is 0 Å². The molecule has 11 heteroatoms. The Hall–Kier alpha value is -2.14. The van der Waals surface area contributed by atoms with E-state index in [0.717, 1.165) is 25.3 Å². The number of aliphatic carboxylic acids is 1. The van der Waals surface area contributed by atoms with Crippen molar-refractivity contribution < 1.29 is 33.0 Å². The fourth-order valence-corrected chi connectivity index (χ4v) is 3.73. The van der Waals surface area contributed by atoms with Gasteiger partial charge >= 0.3 is 18.1 Å². The summed E-state index contributed by atoms with van der Waals surface area (Å²) in [5.41, 5.74) is 1.13. The van der Waals surface area contributed by atoms with Gasteiger partial charge in [0.25, 0.3) is 0 Å². The third-order valence-electron chi connectivity index (χ3n) is 5.21. The Balaban J connectivity index is 0.000000370. The Morgan fingerprint density at radius 1 is 1.14 bits per heavy atom. The van der Waals surface area contributed by atoms with Gasteiger partial charge < -0.3 is 10.2 Å². The molecular weight excluding hydrogens is 393 g/mol. The highest BCUT2D eigenvalue weighted by atomic mass is 19.4.